The number of hydrogen-bond donors (Lipinski definition) is 2. The molecular weight excluding hydrogens is 457 g/mol. The third kappa shape index (κ3) is 8.05. The van der Waals surface area contributed by atoms with Gasteiger partial charge in [0, 0.05) is 20.1 Å². The van der Waals surface area contributed by atoms with Crippen LogP contribution in [0.4, 0.5) is 0 Å². The van der Waals surface area contributed by atoms with Gasteiger partial charge in [-0.3, -0.25) is 4.99 Å². The second-order valence-corrected chi connectivity index (χ2v) is 7.22. The molecule has 0 amide bonds. The zero-order chi connectivity index (χ0) is 18.1. The van der Waals surface area contributed by atoms with Crippen LogP contribution in [0.25, 0.3) is 0 Å². The molecule has 0 aliphatic heterocycles. The molecule has 1 aromatic carbocycles. The number of nitrogens with zero attached hydrogens (tertiary/aromatic N) is 1. The summed E-state index contributed by atoms with van der Waals surface area (Å²) in [5.41, 5.74) is 3.78. The summed E-state index contributed by atoms with van der Waals surface area (Å²) >= 11 is 1.74. The number of thiophene rings is 1. The van der Waals surface area contributed by atoms with Crippen molar-refractivity contribution < 1.29 is 4.74 Å². The molecule has 6 heteroatoms. The smallest absolute Gasteiger partial charge is 0.191 e. The Bertz CT molecular complexity index is 659. The van der Waals surface area contributed by atoms with E-state index in [1.807, 2.05) is 0 Å². The number of aliphatic imine (C=N–C) groups is 1. The van der Waals surface area contributed by atoms with Crippen molar-refractivity contribution in [2.45, 2.75) is 45.9 Å². The van der Waals surface area contributed by atoms with Crippen molar-refractivity contribution in [3.05, 3.63) is 57.8 Å². The van der Waals surface area contributed by atoms with E-state index < -0.39 is 0 Å². The first kappa shape index (κ1) is 22.9. The number of hydrogen-bond acceptors (Lipinski definition) is 3. The third-order valence-corrected chi connectivity index (χ3v) is 4.65. The van der Waals surface area contributed by atoms with Crippen LogP contribution in [0, 0.1) is 0 Å². The molecule has 0 saturated carbocycles. The molecule has 0 aliphatic carbocycles. The fraction of sp³-hybridized carbons (Fsp3) is 0.450. The minimum absolute atomic E-state index is 0. The number of halogens is 1. The second-order valence-electron chi connectivity index (χ2n) is 6.44. The Labute approximate surface area is 178 Å². The highest BCUT2D eigenvalue weighted by Gasteiger charge is 2.07. The minimum atomic E-state index is 0. The van der Waals surface area contributed by atoms with E-state index in [4.69, 9.17) is 4.74 Å². The summed E-state index contributed by atoms with van der Waals surface area (Å²) in [4.78, 5) is 4.31. The molecule has 1 heterocycles. The average Bonchev–Trinajstić information content (AvgIpc) is 3.15. The standard InChI is InChI=1S/C20H29N3OS.HI/c1-15(2)24-13-18-7-5-6-17(10-18)12-23-20(21-4)22-11-16(3)19-8-9-25-14-19;/h5-10,14-16H,11-13H2,1-4H3,(H2,21,22,23);1H. The molecule has 1 atom stereocenters. The van der Waals surface area contributed by atoms with E-state index >= 15 is 0 Å². The van der Waals surface area contributed by atoms with Crippen molar-refractivity contribution in [2.24, 2.45) is 4.99 Å². The van der Waals surface area contributed by atoms with Gasteiger partial charge in [-0.2, -0.15) is 11.3 Å². The predicted octanol–water partition coefficient (Wildman–Crippen LogP) is 4.76. The maximum atomic E-state index is 5.67. The van der Waals surface area contributed by atoms with E-state index in [0.29, 0.717) is 12.5 Å². The molecule has 144 valence electrons. The Morgan fingerprint density at radius 1 is 1.15 bits per heavy atom. The molecule has 0 aliphatic rings. The maximum absolute atomic E-state index is 5.67. The number of ether oxygens (including phenoxy) is 1. The summed E-state index contributed by atoms with van der Waals surface area (Å²) in [7, 11) is 1.80. The van der Waals surface area contributed by atoms with Gasteiger partial charge in [0.1, 0.15) is 0 Å². The van der Waals surface area contributed by atoms with Gasteiger partial charge in [0.2, 0.25) is 0 Å². The first-order valence-electron chi connectivity index (χ1n) is 8.74. The highest BCUT2D eigenvalue weighted by Crippen LogP contribution is 2.17. The molecule has 0 radical (unpaired) electrons. The summed E-state index contributed by atoms with van der Waals surface area (Å²) in [5, 5.41) is 11.1. The van der Waals surface area contributed by atoms with Crippen LogP contribution in [0.2, 0.25) is 0 Å². The first-order chi connectivity index (χ1) is 12.1. The largest absolute Gasteiger partial charge is 0.374 e. The van der Waals surface area contributed by atoms with E-state index in [1.54, 1.807) is 18.4 Å². The van der Waals surface area contributed by atoms with Crippen LogP contribution in [-0.4, -0.2) is 25.7 Å². The summed E-state index contributed by atoms with van der Waals surface area (Å²) < 4.78 is 5.67. The summed E-state index contributed by atoms with van der Waals surface area (Å²) in [6.45, 7) is 8.58. The molecule has 2 aromatic rings. The number of nitrogens with one attached hydrogen (secondary N) is 2. The van der Waals surface area contributed by atoms with E-state index in [2.05, 4.69) is 77.5 Å². The van der Waals surface area contributed by atoms with Crippen LogP contribution < -0.4 is 10.6 Å². The molecule has 0 saturated heterocycles. The normalized spacial score (nSPS) is 12.6. The molecule has 0 fully saturated rings. The van der Waals surface area contributed by atoms with Gasteiger partial charge in [0.15, 0.2) is 5.96 Å². The minimum Gasteiger partial charge on any atom is -0.374 e. The van der Waals surface area contributed by atoms with Crippen molar-refractivity contribution in [1.29, 1.82) is 0 Å². The molecule has 4 nitrogen and oxygen atoms in total. The van der Waals surface area contributed by atoms with Crippen LogP contribution in [-0.2, 0) is 17.9 Å². The molecule has 1 aromatic heterocycles. The van der Waals surface area contributed by atoms with Crippen LogP contribution in [0.15, 0.2) is 46.1 Å². The van der Waals surface area contributed by atoms with Gasteiger partial charge in [0.25, 0.3) is 0 Å². The molecule has 26 heavy (non-hydrogen) atoms. The Kier molecular flexibility index (Phi) is 10.8. The van der Waals surface area contributed by atoms with Gasteiger partial charge >= 0.3 is 0 Å². The van der Waals surface area contributed by atoms with Gasteiger partial charge in [-0.05, 0) is 53.3 Å². The lowest BCUT2D eigenvalue weighted by molar-refractivity contribution is 0.0657. The fourth-order valence-electron chi connectivity index (χ4n) is 2.42. The predicted molar refractivity (Wildman–Crippen MR) is 123 cm³/mol. The average molecular weight is 487 g/mol. The van der Waals surface area contributed by atoms with Crippen molar-refractivity contribution in [3.8, 4) is 0 Å². The number of rotatable bonds is 8. The van der Waals surface area contributed by atoms with Gasteiger partial charge < -0.3 is 15.4 Å². The highest BCUT2D eigenvalue weighted by atomic mass is 127. The van der Waals surface area contributed by atoms with Crippen LogP contribution in [0.1, 0.15) is 43.4 Å². The van der Waals surface area contributed by atoms with Crippen molar-refractivity contribution >= 4 is 41.3 Å². The SMILES string of the molecule is CN=C(NCc1cccc(COC(C)C)c1)NCC(C)c1ccsc1.I. The first-order valence-corrected chi connectivity index (χ1v) is 9.68. The number of benzene rings is 1. The highest BCUT2D eigenvalue weighted by molar-refractivity contribution is 14.0. The van der Waals surface area contributed by atoms with Crippen LogP contribution >= 0.6 is 35.3 Å². The monoisotopic (exact) mass is 487 g/mol. The summed E-state index contributed by atoms with van der Waals surface area (Å²) in [5.74, 6) is 1.28. The van der Waals surface area contributed by atoms with Crippen LogP contribution in [0.5, 0.6) is 0 Å². The van der Waals surface area contributed by atoms with E-state index in [0.717, 1.165) is 19.0 Å². The van der Waals surface area contributed by atoms with Crippen molar-refractivity contribution in [1.82, 2.24) is 10.6 Å². The molecular formula is C20H30IN3OS. The molecule has 1 unspecified atom stereocenters. The lowest BCUT2D eigenvalue weighted by atomic mass is 10.1. The lowest BCUT2D eigenvalue weighted by Gasteiger charge is -2.16. The van der Waals surface area contributed by atoms with Gasteiger partial charge in [-0.25, -0.2) is 0 Å². The fourth-order valence-corrected chi connectivity index (χ4v) is 3.20. The Hall–Kier alpha value is -1.12. The molecule has 0 spiro atoms. The zero-order valence-corrected chi connectivity index (χ0v) is 19.1. The molecule has 2 N–H and O–H groups in total. The maximum Gasteiger partial charge on any atom is 0.191 e. The van der Waals surface area contributed by atoms with Gasteiger partial charge in [-0.15, -0.1) is 24.0 Å². The van der Waals surface area contributed by atoms with E-state index in [9.17, 15) is 0 Å². The quantitative estimate of drug-likeness (QED) is 0.321. The Balaban J connectivity index is 0.00000338. The van der Waals surface area contributed by atoms with Crippen molar-refractivity contribution in [3.63, 3.8) is 0 Å². The van der Waals surface area contributed by atoms with Crippen molar-refractivity contribution in [2.75, 3.05) is 13.6 Å². The summed E-state index contributed by atoms with van der Waals surface area (Å²) in [6, 6.07) is 10.6. The van der Waals surface area contributed by atoms with E-state index in [-0.39, 0.29) is 30.1 Å². The lowest BCUT2D eigenvalue weighted by Crippen LogP contribution is -2.38. The topological polar surface area (TPSA) is 45.7 Å². The second kappa shape index (κ2) is 12.3. The molecule has 2 rings (SSSR count). The Morgan fingerprint density at radius 3 is 2.58 bits per heavy atom. The van der Waals surface area contributed by atoms with Gasteiger partial charge in [0.05, 0.1) is 12.7 Å². The van der Waals surface area contributed by atoms with Gasteiger partial charge in [-0.1, -0.05) is 31.2 Å². The van der Waals surface area contributed by atoms with E-state index in [1.165, 1.54) is 16.7 Å². The van der Waals surface area contributed by atoms with Crippen LogP contribution in [0.3, 0.4) is 0 Å². The number of guanidine groups is 1. The Morgan fingerprint density at radius 2 is 1.92 bits per heavy atom. The summed E-state index contributed by atoms with van der Waals surface area (Å²) in [6.07, 6.45) is 0.245. The molecule has 0 bridgehead atoms. The zero-order valence-electron chi connectivity index (χ0n) is 16.0. The third-order valence-electron chi connectivity index (χ3n) is 3.95.